The van der Waals surface area contributed by atoms with Crippen molar-refractivity contribution < 1.29 is 19.1 Å². The highest BCUT2D eigenvalue weighted by molar-refractivity contribution is 6.36. The van der Waals surface area contributed by atoms with Crippen molar-refractivity contribution in [2.45, 2.75) is 13.8 Å². The predicted molar refractivity (Wildman–Crippen MR) is 106 cm³/mol. The minimum atomic E-state index is -1.03. The van der Waals surface area contributed by atoms with Crippen molar-refractivity contribution in [1.29, 1.82) is 0 Å². The van der Waals surface area contributed by atoms with E-state index in [-0.39, 0.29) is 17.3 Å². The molecule has 1 amide bonds. The first-order valence-corrected chi connectivity index (χ1v) is 8.72. The van der Waals surface area contributed by atoms with Gasteiger partial charge in [0.05, 0.1) is 11.1 Å². The summed E-state index contributed by atoms with van der Waals surface area (Å²) >= 11 is 0. The molecular formula is C22H17FN2O3. The summed E-state index contributed by atoms with van der Waals surface area (Å²) in [6.07, 6.45) is 1.63. The van der Waals surface area contributed by atoms with Gasteiger partial charge in [0.15, 0.2) is 0 Å². The van der Waals surface area contributed by atoms with Crippen LogP contribution in [0.5, 0.6) is 0 Å². The van der Waals surface area contributed by atoms with Crippen molar-refractivity contribution in [1.82, 2.24) is 4.98 Å². The molecule has 3 N–H and O–H groups in total. The van der Waals surface area contributed by atoms with Gasteiger partial charge in [0.2, 0.25) is 0 Å². The highest BCUT2D eigenvalue weighted by Gasteiger charge is 2.29. The lowest BCUT2D eigenvalue weighted by Crippen LogP contribution is -2.04. The van der Waals surface area contributed by atoms with E-state index in [0.29, 0.717) is 44.9 Å². The maximum Gasteiger partial charge on any atom is 0.337 e. The Balaban J connectivity index is 1.93. The summed E-state index contributed by atoms with van der Waals surface area (Å²) in [6, 6.07) is 11.7. The van der Waals surface area contributed by atoms with Crippen molar-refractivity contribution in [3.8, 4) is 11.1 Å². The maximum absolute atomic E-state index is 14.4. The third-order valence-electron chi connectivity index (χ3n) is 4.97. The summed E-state index contributed by atoms with van der Waals surface area (Å²) in [5.74, 6) is -1.73. The molecule has 2 aromatic carbocycles. The Labute approximate surface area is 160 Å². The van der Waals surface area contributed by atoms with E-state index in [2.05, 4.69) is 10.3 Å². The molecule has 0 atom stereocenters. The number of carbonyl (C=O) groups is 2. The Morgan fingerprint density at radius 2 is 1.79 bits per heavy atom. The number of rotatable bonds is 3. The van der Waals surface area contributed by atoms with Gasteiger partial charge < -0.3 is 15.4 Å². The monoisotopic (exact) mass is 376 g/mol. The molecule has 6 heteroatoms. The standard InChI is InChI=1S/C22H17FN2O3/c1-11-18(24-12(2)19(11)22(27)28)10-15-20-14(13-6-3-4-8-16(13)23)7-5-9-17(20)25-21(15)26/h3-10,24H,1-2H3,(H,25,26)(H,27,28). The molecule has 140 valence electrons. The van der Waals surface area contributed by atoms with E-state index in [4.69, 9.17) is 0 Å². The van der Waals surface area contributed by atoms with Crippen molar-refractivity contribution in [3.05, 3.63) is 76.4 Å². The van der Waals surface area contributed by atoms with E-state index in [1.165, 1.54) is 6.07 Å². The lowest BCUT2D eigenvalue weighted by atomic mass is 9.94. The first kappa shape index (κ1) is 17.7. The molecule has 0 unspecified atom stereocenters. The van der Waals surface area contributed by atoms with Gasteiger partial charge in [-0.15, -0.1) is 0 Å². The largest absolute Gasteiger partial charge is 0.478 e. The fourth-order valence-corrected chi connectivity index (χ4v) is 3.68. The fourth-order valence-electron chi connectivity index (χ4n) is 3.68. The minimum absolute atomic E-state index is 0.188. The van der Waals surface area contributed by atoms with E-state index in [9.17, 15) is 19.1 Å². The number of hydrogen-bond donors (Lipinski definition) is 3. The second-order valence-electron chi connectivity index (χ2n) is 6.69. The van der Waals surface area contributed by atoms with Crippen LogP contribution in [0.3, 0.4) is 0 Å². The summed E-state index contributed by atoms with van der Waals surface area (Å²) in [4.78, 5) is 27.1. The molecule has 0 radical (unpaired) electrons. The number of carboxylic acid groups (broad SMARTS) is 1. The maximum atomic E-state index is 14.4. The molecule has 0 aliphatic carbocycles. The number of amides is 1. The van der Waals surface area contributed by atoms with Crippen molar-refractivity contribution in [2.75, 3.05) is 5.32 Å². The number of fused-ring (bicyclic) bond motifs is 1. The normalized spacial score (nSPS) is 14.2. The van der Waals surface area contributed by atoms with E-state index in [1.54, 1.807) is 56.3 Å². The van der Waals surface area contributed by atoms with E-state index < -0.39 is 5.97 Å². The van der Waals surface area contributed by atoms with Gasteiger partial charge in [-0.05, 0) is 43.2 Å². The van der Waals surface area contributed by atoms with Gasteiger partial charge in [-0.2, -0.15) is 0 Å². The van der Waals surface area contributed by atoms with E-state index in [1.807, 2.05) is 0 Å². The molecule has 28 heavy (non-hydrogen) atoms. The van der Waals surface area contributed by atoms with Crippen LogP contribution >= 0.6 is 0 Å². The molecule has 0 bridgehead atoms. The quantitative estimate of drug-likeness (QED) is 0.583. The van der Waals surface area contributed by atoms with Crippen LogP contribution in [-0.4, -0.2) is 22.0 Å². The Kier molecular flexibility index (Phi) is 4.11. The van der Waals surface area contributed by atoms with Crippen molar-refractivity contribution in [3.63, 3.8) is 0 Å². The zero-order chi connectivity index (χ0) is 20.0. The summed E-state index contributed by atoms with van der Waals surface area (Å²) in [6.45, 7) is 3.36. The number of aromatic nitrogens is 1. The predicted octanol–water partition coefficient (Wildman–Crippen LogP) is 4.63. The number of H-pyrrole nitrogens is 1. The zero-order valence-corrected chi connectivity index (χ0v) is 15.3. The average Bonchev–Trinajstić information content (AvgIpc) is 3.11. The third-order valence-corrected chi connectivity index (χ3v) is 4.97. The van der Waals surface area contributed by atoms with Gasteiger partial charge in [0, 0.05) is 28.2 Å². The molecule has 1 aliphatic rings. The summed E-state index contributed by atoms with van der Waals surface area (Å²) in [5.41, 5.74) is 4.32. The SMILES string of the molecule is Cc1[nH]c(C=C2C(=O)Nc3cccc(-c4ccccc4F)c32)c(C)c1C(=O)O. The number of aromatic amines is 1. The van der Waals surface area contributed by atoms with Crippen molar-refractivity contribution >= 4 is 29.2 Å². The number of anilines is 1. The smallest absolute Gasteiger partial charge is 0.337 e. The number of carboxylic acids is 1. The molecule has 3 aromatic rings. The second kappa shape index (κ2) is 6.49. The number of nitrogens with one attached hydrogen (secondary N) is 2. The van der Waals surface area contributed by atoms with Crippen LogP contribution in [0.4, 0.5) is 10.1 Å². The summed E-state index contributed by atoms with van der Waals surface area (Å²) < 4.78 is 14.4. The van der Waals surface area contributed by atoms with Gasteiger partial charge in [-0.3, -0.25) is 4.79 Å². The lowest BCUT2D eigenvalue weighted by Gasteiger charge is -2.09. The number of aromatic carboxylic acids is 1. The zero-order valence-electron chi connectivity index (χ0n) is 15.3. The van der Waals surface area contributed by atoms with Crippen molar-refractivity contribution in [2.24, 2.45) is 0 Å². The van der Waals surface area contributed by atoms with Crippen LogP contribution in [0.15, 0.2) is 42.5 Å². The molecule has 1 aliphatic heterocycles. The van der Waals surface area contributed by atoms with Gasteiger partial charge in [0.25, 0.3) is 5.91 Å². The minimum Gasteiger partial charge on any atom is -0.478 e. The number of hydrogen-bond acceptors (Lipinski definition) is 2. The molecule has 4 rings (SSSR count). The first-order chi connectivity index (χ1) is 13.4. The number of aryl methyl sites for hydroxylation is 1. The van der Waals surface area contributed by atoms with E-state index in [0.717, 1.165) is 0 Å². The number of benzene rings is 2. The van der Waals surface area contributed by atoms with Gasteiger partial charge in [-0.1, -0.05) is 30.3 Å². The van der Waals surface area contributed by atoms with E-state index >= 15 is 0 Å². The highest BCUT2D eigenvalue weighted by Crippen LogP contribution is 2.41. The van der Waals surface area contributed by atoms with Crippen LogP contribution in [0.2, 0.25) is 0 Å². The second-order valence-corrected chi connectivity index (χ2v) is 6.69. The lowest BCUT2D eigenvalue weighted by molar-refractivity contribution is -0.110. The highest BCUT2D eigenvalue weighted by atomic mass is 19.1. The molecule has 0 saturated heterocycles. The van der Waals surface area contributed by atoms with Gasteiger partial charge in [0.1, 0.15) is 5.82 Å². The number of carbonyl (C=O) groups excluding carboxylic acids is 1. The number of halogens is 1. The Morgan fingerprint density at radius 1 is 1.07 bits per heavy atom. The molecular weight excluding hydrogens is 359 g/mol. The fraction of sp³-hybridized carbons (Fsp3) is 0.0909. The van der Waals surface area contributed by atoms with Crippen LogP contribution in [0, 0.1) is 19.7 Å². The molecule has 0 spiro atoms. The summed E-state index contributed by atoms with van der Waals surface area (Å²) in [5, 5.41) is 12.2. The Morgan fingerprint density at radius 3 is 2.46 bits per heavy atom. The summed E-state index contributed by atoms with van der Waals surface area (Å²) in [7, 11) is 0. The first-order valence-electron chi connectivity index (χ1n) is 8.72. The van der Waals surface area contributed by atoms with Crippen LogP contribution < -0.4 is 5.32 Å². The van der Waals surface area contributed by atoms with Gasteiger partial charge in [-0.25, -0.2) is 9.18 Å². The van der Waals surface area contributed by atoms with Crippen LogP contribution in [0.1, 0.15) is 32.9 Å². The Bertz CT molecular complexity index is 1170. The third kappa shape index (κ3) is 2.70. The molecule has 1 aromatic heterocycles. The Hall–Kier alpha value is -3.67. The molecule has 5 nitrogen and oxygen atoms in total. The van der Waals surface area contributed by atoms with Crippen LogP contribution in [-0.2, 0) is 4.79 Å². The topological polar surface area (TPSA) is 82.2 Å². The average molecular weight is 376 g/mol. The molecule has 0 fully saturated rings. The van der Waals surface area contributed by atoms with Crippen LogP contribution in [0.25, 0.3) is 22.8 Å². The van der Waals surface area contributed by atoms with Gasteiger partial charge >= 0.3 is 5.97 Å². The molecule has 2 heterocycles. The molecule has 0 saturated carbocycles.